The summed E-state index contributed by atoms with van der Waals surface area (Å²) in [6.45, 7) is 4.57. The van der Waals surface area contributed by atoms with Gasteiger partial charge in [-0.1, -0.05) is 26.7 Å². The first-order valence-corrected chi connectivity index (χ1v) is 3.91. The summed E-state index contributed by atoms with van der Waals surface area (Å²) in [5, 5.41) is 6.57. The standard InChI is InChI=1S/C8H15NO2/c1-3-7(4-2)6-11-8(10)5-9/h5,7,9H,3-4,6H2,1-2H3. The van der Waals surface area contributed by atoms with E-state index in [0.717, 1.165) is 12.8 Å². The molecule has 0 rings (SSSR count). The third-order valence-corrected chi connectivity index (χ3v) is 1.73. The fraction of sp³-hybridized carbons (Fsp3) is 0.750. The van der Waals surface area contributed by atoms with Gasteiger partial charge in [-0.3, -0.25) is 0 Å². The lowest BCUT2D eigenvalue weighted by atomic mass is 10.1. The second-order valence-corrected chi connectivity index (χ2v) is 2.46. The number of ether oxygens (including phenoxy) is 1. The fourth-order valence-corrected chi connectivity index (χ4v) is 0.766. The zero-order chi connectivity index (χ0) is 8.69. The SMILES string of the molecule is CCC(CC)COC(=O)C=N. The summed E-state index contributed by atoms with van der Waals surface area (Å²) in [7, 11) is 0. The first kappa shape index (κ1) is 10.1. The van der Waals surface area contributed by atoms with E-state index in [0.29, 0.717) is 18.7 Å². The van der Waals surface area contributed by atoms with Gasteiger partial charge >= 0.3 is 5.97 Å². The molecular formula is C8H15NO2. The summed E-state index contributed by atoms with van der Waals surface area (Å²) >= 11 is 0. The summed E-state index contributed by atoms with van der Waals surface area (Å²) in [4.78, 5) is 10.5. The van der Waals surface area contributed by atoms with Crippen LogP contribution in [0, 0.1) is 11.3 Å². The van der Waals surface area contributed by atoms with Gasteiger partial charge in [0.05, 0.1) is 6.61 Å². The van der Waals surface area contributed by atoms with Gasteiger partial charge in [0, 0.05) is 0 Å². The first-order chi connectivity index (χ1) is 5.24. The van der Waals surface area contributed by atoms with Crippen LogP contribution in [0.4, 0.5) is 0 Å². The van der Waals surface area contributed by atoms with Crippen molar-refractivity contribution in [2.45, 2.75) is 26.7 Å². The smallest absolute Gasteiger partial charge is 0.348 e. The van der Waals surface area contributed by atoms with E-state index in [1.54, 1.807) is 0 Å². The number of esters is 1. The Morgan fingerprint density at radius 3 is 2.45 bits per heavy atom. The Morgan fingerprint density at radius 2 is 2.09 bits per heavy atom. The van der Waals surface area contributed by atoms with Crippen molar-refractivity contribution in [3.63, 3.8) is 0 Å². The Labute approximate surface area is 67.3 Å². The molecule has 0 atom stereocenters. The number of rotatable bonds is 5. The average Bonchev–Trinajstić information content (AvgIpc) is 2.06. The maximum Gasteiger partial charge on any atom is 0.348 e. The number of carbonyl (C=O) groups excluding carboxylic acids is 1. The van der Waals surface area contributed by atoms with Crippen LogP contribution in [0.25, 0.3) is 0 Å². The molecule has 0 aliphatic heterocycles. The van der Waals surface area contributed by atoms with E-state index in [2.05, 4.69) is 13.8 Å². The van der Waals surface area contributed by atoms with Gasteiger partial charge in [0.25, 0.3) is 0 Å². The Kier molecular flexibility index (Phi) is 5.43. The minimum atomic E-state index is -0.545. The molecule has 3 nitrogen and oxygen atoms in total. The van der Waals surface area contributed by atoms with Crippen molar-refractivity contribution < 1.29 is 9.53 Å². The van der Waals surface area contributed by atoms with E-state index in [1.165, 1.54) is 0 Å². The minimum absolute atomic E-state index is 0.443. The Morgan fingerprint density at radius 1 is 1.55 bits per heavy atom. The molecule has 0 spiro atoms. The topological polar surface area (TPSA) is 50.2 Å². The molecular weight excluding hydrogens is 142 g/mol. The molecule has 0 amide bonds. The second-order valence-electron chi connectivity index (χ2n) is 2.46. The second kappa shape index (κ2) is 5.89. The molecule has 0 aromatic carbocycles. The van der Waals surface area contributed by atoms with E-state index in [-0.39, 0.29) is 0 Å². The number of nitrogens with one attached hydrogen (secondary N) is 1. The molecule has 0 aromatic rings. The molecule has 0 fully saturated rings. The molecule has 0 radical (unpaired) electrons. The van der Waals surface area contributed by atoms with Gasteiger partial charge in [-0.15, -0.1) is 0 Å². The van der Waals surface area contributed by atoms with Crippen molar-refractivity contribution in [2.75, 3.05) is 6.61 Å². The predicted molar refractivity (Wildman–Crippen MR) is 43.8 cm³/mol. The maximum atomic E-state index is 10.5. The van der Waals surface area contributed by atoms with Crippen molar-refractivity contribution >= 4 is 12.2 Å². The molecule has 0 aliphatic carbocycles. The van der Waals surface area contributed by atoms with E-state index in [1.807, 2.05) is 0 Å². The maximum absolute atomic E-state index is 10.5. The average molecular weight is 157 g/mol. The van der Waals surface area contributed by atoms with Gasteiger partial charge in [-0.2, -0.15) is 0 Å². The zero-order valence-corrected chi connectivity index (χ0v) is 7.09. The van der Waals surface area contributed by atoms with Crippen LogP contribution in [-0.4, -0.2) is 18.8 Å². The molecule has 0 heterocycles. The highest BCUT2D eigenvalue weighted by atomic mass is 16.5. The quantitative estimate of drug-likeness (QED) is 0.487. The first-order valence-electron chi connectivity index (χ1n) is 3.91. The van der Waals surface area contributed by atoms with Gasteiger partial charge in [0.2, 0.25) is 0 Å². The lowest BCUT2D eigenvalue weighted by Gasteiger charge is -2.10. The van der Waals surface area contributed by atoms with Crippen LogP contribution >= 0.6 is 0 Å². The molecule has 0 bridgehead atoms. The highest BCUT2D eigenvalue weighted by Gasteiger charge is 2.05. The van der Waals surface area contributed by atoms with Crippen molar-refractivity contribution in [1.29, 1.82) is 5.41 Å². The summed E-state index contributed by atoms with van der Waals surface area (Å²) in [5.74, 6) is -0.101. The molecule has 0 unspecified atom stereocenters. The Hall–Kier alpha value is -0.860. The number of hydrogen-bond acceptors (Lipinski definition) is 3. The van der Waals surface area contributed by atoms with Crippen molar-refractivity contribution in [3.8, 4) is 0 Å². The van der Waals surface area contributed by atoms with E-state index in [9.17, 15) is 4.79 Å². The largest absolute Gasteiger partial charge is 0.461 e. The van der Waals surface area contributed by atoms with Crippen LogP contribution < -0.4 is 0 Å². The molecule has 0 saturated heterocycles. The molecule has 0 aliphatic rings. The predicted octanol–water partition coefficient (Wildman–Crippen LogP) is 1.62. The zero-order valence-electron chi connectivity index (χ0n) is 7.09. The van der Waals surface area contributed by atoms with E-state index < -0.39 is 5.97 Å². The van der Waals surface area contributed by atoms with Crippen LogP contribution in [0.2, 0.25) is 0 Å². The Bertz CT molecular complexity index is 130. The van der Waals surface area contributed by atoms with Crippen molar-refractivity contribution in [3.05, 3.63) is 0 Å². The van der Waals surface area contributed by atoms with Crippen LogP contribution in [-0.2, 0) is 9.53 Å². The highest BCUT2D eigenvalue weighted by molar-refractivity contribution is 6.21. The number of hydrogen-bond donors (Lipinski definition) is 1. The molecule has 3 heteroatoms. The molecule has 1 N–H and O–H groups in total. The van der Waals surface area contributed by atoms with Gasteiger partial charge in [-0.05, 0) is 5.92 Å². The normalized spacial score (nSPS) is 9.73. The highest BCUT2D eigenvalue weighted by Crippen LogP contribution is 2.06. The fourth-order valence-electron chi connectivity index (χ4n) is 0.766. The minimum Gasteiger partial charge on any atom is -0.461 e. The summed E-state index contributed by atoms with van der Waals surface area (Å²) in [6.07, 6.45) is 2.73. The third-order valence-electron chi connectivity index (χ3n) is 1.73. The van der Waals surface area contributed by atoms with Gasteiger partial charge in [0.1, 0.15) is 6.21 Å². The number of carbonyl (C=O) groups is 1. The van der Waals surface area contributed by atoms with Gasteiger partial charge < -0.3 is 10.1 Å². The third kappa shape index (κ3) is 4.53. The lowest BCUT2D eigenvalue weighted by Crippen LogP contribution is -2.13. The van der Waals surface area contributed by atoms with Crippen LogP contribution in [0.5, 0.6) is 0 Å². The van der Waals surface area contributed by atoms with Crippen molar-refractivity contribution in [1.82, 2.24) is 0 Å². The Balaban J connectivity index is 3.49. The van der Waals surface area contributed by atoms with Crippen molar-refractivity contribution in [2.24, 2.45) is 5.92 Å². The van der Waals surface area contributed by atoms with Gasteiger partial charge in [0.15, 0.2) is 0 Å². The summed E-state index contributed by atoms with van der Waals surface area (Å²) < 4.78 is 4.75. The van der Waals surface area contributed by atoms with E-state index in [4.69, 9.17) is 10.1 Å². The van der Waals surface area contributed by atoms with Crippen LogP contribution in [0.1, 0.15) is 26.7 Å². The summed E-state index contributed by atoms with van der Waals surface area (Å²) in [5.41, 5.74) is 0. The van der Waals surface area contributed by atoms with Crippen LogP contribution in [0.15, 0.2) is 0 Å². The van der Waals surface area contributed by atoms with Crippen LogP contribution in [0.3, 0.4) is 0 Å². The molecule has 64 valence electrons. The molecule has 0 aromatic heterocycles. The lowest BCUT2D eigenvalue weighted by molar-refractivity contribution is -0.136. The molecule has 0 saturated carbocycles. The van der Waals surface area contributed by atoms with Gasteiger partial charge in [-0.25, -0.2) is 4.79 Å². The van der Waals surface area contributed by atoms with E-state index >= 15 is 0 Å². The summed E-state index contributed by atoms with van der Waals surface area (Å²) in [6, 6.07) is 0. The monoisotopic (exact) mass is 157 g/mol. The molecule has 11 heavy (non-hydrogen) atoms.